The minimum atomic E-state index is -0.696. The van der Waals surface area contributed by atoms with Crippen LogP contribution in [0.4, 0.5) is 0 Å². The number of halogens is 1. The molecule has 8 heteroatoms. The number of hydrogen-bond donors (Lipinski definition) is 0. The van der Waals surface area contributed by atoms with Crippen LogP contribution in [0.5, 0.6) is 0 Å². The first-order valence-electron chi connectivity index (χ1n) is 11.1. The third kappa shape index (κ3) is 5.23. The lowest BCUT2D eigenvalue weighted by molar-refractivity contribution is -0.131. The molecule has 1 saturated carbocycles. The number of hydrogen-bond acceptors (Lipinski definition) is 5. The number of aromatic nitrogens is 3. The van der Waals surface area contributed by atoms with Gasteiger partial charge in [0.25, 0.3) is 0 Å². The van der Waals surface area contributed by atoms with Crippen molar-refractivity contribution in [1.29, 1.82) is 5.26 Å². The minimum Gasteiger partial charge on any atom is -0.326 e. The van der Waals surface area contributed by atoms with Crippen molar-refractivity contribution in [1.82, 2.24) is 19.7 Å². The molecule has 33 heavy (non-hydrogen) atoms. The van der Waals surface area contributed by atoms with Crippen LogP contribution in [-0.2, 0) is 11.2 Å². The molecule has 1 aromatic heterocycles. The van der Waals surface area contributed by atoms with Crippen molar-refractivity contribution < 1.29 is 4.79 Å². The van der Waals surface area contributed by atoms with Crippen LogP contribution in [0.2, 0.25) is 5.02 Å². The molecule has 0 radical (unpaired) electrons. The van der Waals surface area contributed by atoms with Gasteiger partial charge in [0.1, 0.15) is 11.4 Å². The van der Waals surface area contributed by atoms with Crippen LogP contribution in [0.1, 0.15) is 43.5 Å². The second-order valence-corrected chi connectivity index (χ2v) is 9.70. The highest BCUT2D eigenvalue weighted by molar-refractivity contribution is 7.99. The zero-order valence-corrected chi connectivity index (χ0v) is 20.1. The maximum Gasteiger partial charge on any atom is 0.234 e. The summed E-state index contributed by atoms with van der Waals surface area (Å²) in [6.07, 6.45) is 5.16. The van der Waals surface area contributed by atoms with E-state index in [4.69, 9.17) is 11.6 Å². The SMILES string of the molecule is CN(C(=O)CSc1nnc(Cc2ccccc2)n1-c1ccc(Cl)cc1)C1(C#N)CCCCC1. The van der Waals surface area contributed by atoms with Crippen molar-refractivity contribution in [2.75, 3.05) is 12.8 Å². The highest BCUT2D eigenvalue weighted by atomic mass is 35.5. The van der Waals surface area contributed by atoms with E-state index in [9.17, 15) is 10.1 Å². The lowest BCUT2D eigenvalue weighted by Gasteiger charge is -2.39. The van der Waals surface area contributed by atoms with Crippen molar-refractivity contribution in [2.45, 2.75) is 49.2 Å². The average molecular weight is 480 g/mol. The number of carbonyl (C=O) groups excluding carboxylic acids is 1. The molecule has 4 rings (SSSR count). The number of thioether (sulfide) groups is 1. The molecule has 0 unspecified atom stereocenters. The summed E-state index contributed by atoms with van der Waals surface area (Å²) in [6.45, 7) is 0. The maximum atomic E-state index is 13.0. The van der Waals surface area contributed by atoms with E-state index in [0.29, 0.717) is 16.6 Å². The fourth-order valence-electron chi connectivity index (χ4n) is 4.26. The van der Waals surface area contributed by atoms with Crippen LogP contribution in [0.3, 0.4) is 0 Å². The van der Waals surface area contributed by atoms with Gasteiger partial charge in [-0.1, -0.05) is 73.0 Å². The van der Waals surface area contributed by atoms with Gasteiger partial charge in [-0.15, -0.1) is 10.2 Å². The van der Waals surface area contributed by atoms with Crippen molar-refractivity contribution in [2.24, 2.45) is 0 Å². The van der Waals surface area contributed by atoms with E-state index >= 15 is 0 Å². The monoisotopic (exact) mass is 479 g/mol. The molecule has 3 aromatic rings. The van der Waals surface area contributed by atoms with Crippen LogP contribution >= 0.6 is 23.4 Å². The summed E-state index contributed by atoms with van der Waals surface area (Å²) in [4.78, 5) is 14.7. The topological polar surface area (TPSA) is 74.8 Å². The first-order chi connectivity index (χ1) is 16.0. The molecule has 1 fully saturated rings. The summed E-state index contributed by atoms with van der Waals surface area (Å²) >= 11 is 7.44. The molecule has 1 amide bonds. The maximum absolute atomic E-state index is 13.0. The molecule has 1 heterocycles. The summed E-state index contributed by atoms with van der Waals surface area (Å²) in [5.41, 5.74) is 1.32. The van der Waals surface area contributed by atoms with Crippen LogP contribution in [-0.4, -0.2) is 43.9 Å². The van der Waals surface area contributed by atoms with E-state index in [1.807, 2.05) is 47.0 Å². The van der Waals surface area contributed by atoms with E-state index in [2.05, 4.69) is 28.4 Å². The Kier molecular flexibility index (Phi) is 7.36. The van der Waals surface area contributed by atoms with Gasteiger partial charge in [-0.25, -0.2) is 0 Å². The number of nitriles is 1. The Labute approximate surface area is 203 Å². The largest absolute Gasteiger partial charge is 0.326 e. The van der Waals surface area contributed by atoms with Crippen molar-refractivity contribution >= 4 is 29.3 Å². The fraction of sp³-hybridized carbons (Fsp3) is 0.360. The van der Waals surface area contributed by atoms with Crippen molar-refractivity contribution in [3.63, 3.8) is 0 Å². The molecular formula is C25H26ClN5OS. The van der Waals surface area contributed by atoms with Crippen molar-refractivity contribution in [3.8, 4) is 11.8 Å². The average Bonchev–Trinajstić information content (AvgIpc) is 3.25. The predicted molar refractivity (Wildman–Crippen MR) is 131 cm³/mol. The van der Waals surface area contributed by atoms with Crippen LogP contribution in [0.15, 0.2) is 59.8 Å². The quantitative estimate of drug-likeness (QED) is 0.430. The van der Waals surface area contributed by atoms with Gasteiger partial charge >= 0.3 is 0 Å². The number of carbonyl (C=O) groups is 1. The minimum absolute atomic E-state index is 0.0706. The number of amides is 1. The summed E-state index contributed by atoms with van der Waals surface area (Å²) in [6, 6.07) is 20.0. The summed E-state index contributed by atoms with van der Waals surface area (Å²) in [5.74, 6) is 0.906. The highest BCUT2D eigenvalue weighted by Crippen LogP contribution is 2.33. The second-order valence-electron chi connectivity index (χ2n) is 8.32. The number of nitrogens with zero attached hydrogens (tertiary/aromatic N) is 5. The smallest absolute Gasteiger partial charge is 0.234 e. The van der Waals surface area contributed by atoms with Gasteiger partial charge in [-0.05, 0) is 42.7 Å². The van der Waals surface area contributed by atoms with E-state index in [-0.39, 0.29) is 11.7 Å². The Bertz CT molecular complexity index is 1130. The molecule has 0 spiro atoms. The Balaban J connectivity index is 1.56. The van der Waals surface area contributed by atoms with Gasteiger partial charge < -0.3 is 4.90 Å². The third-order valence-electron chi connectivity index (χ3n) is 6.22. The lowest BCUT2D eigenvalue weighted by Crippen LogP contribution is -2.50. The Morgan fingerprint density at radius 1 is 1.12 bits per heavy atom. The molecule has 6 nitrogen and oxygen atoms in total. The third-order valence-corrected chi connectivity index (χ3v) is 7.39. The van der Waals surface area contributed by atoms with Gasteiger partial charge in [-0.2, -0.15) is 5.26 Å². The van der Waals surface area contributed by atoms with Crippen LogP contribution in [0, 0.1) is 11.3 Å². The highest BCUT2D eigenvalue weighted by Gasteiger charge is 2.38. The van der Waals surface area contributed by atoms with E-state index in [0.717, 1.165) is 49.2 Å². The van der Waals surface area contributed by atoms with Gasteiger partial charge in [0.05, 0.1) is 11.8 Å². The van der Waals surface area contributed by atoms with Crippen LogP contribution < -0.4 is 0 Å². The normalized spacial score (nSPS) is 15.1. The van der Waals surface area contributed by atoms with E-state index in [1.54, 1.807) is 11.9 Å². The Morgan fingerprint density at radius 2 is 1.82 bits per heavy atom. The fourth-order valence-corrected chi connectivity index (χ4v) is 5.27. The van der Waals surface area contributed by atoms with Crippen molar-refractivity contribution in [3.05, 3.63) is 71.0 Å². The zero-order chi connectivity index (χ0) is 23.3. The van der Waals surface area contributed by atoms with Gasteiger partial charge in [-0.3, -0.25) is 9.36 Å². The van der Waals surface area contributed by atoms with Gasteiger partial charge in [0.2, 0.25) is 5.91 Å². The molecule has 1 aliphatic rings. The molecule has 0 N–H and O–H groups in total. The zero-order valence-electron chi connectivity index (χ0n) is 18.6. The van der Waals surface area contributed by atoms with Gasteiger partial charge in [0, 0.05) is 24.2 Å². The first-order valence-corrected chi connectivity index (χ1v) is 12.4. The molecule has 170 valence electrons. The summed E-state index contributed by atoms with van der Waals surface area (Å²) in [7, 11) is 1.75. The molecular weight excluding hydrogens is 454 g/mol. The lowest BCUT2D eigenvalue weighted by atomic mass is 9.81. The number of rotatable bonds is 7. The second kappa shape index (κ2) is 10.4. The summed E-state index contributed by atoms with van der Waals surface area (Å²) < 4.78 is 1.97. The molecule has 0 aliphatic heterocycles. The summed E-state index contributed by atoms with van der Waals surface area (Å²) in [5, 5.41) is 19.9. The van der Waals surface area contributed by atoms with E-state index < -0.39 is 5.54 Å². The number of benzene rings is 2. The Hall–Kier alpha value is -2.82. The standard InChI is InChI=1S/C25H26ClN5OS/c1-30(25(18-27)14-6-3-7-15-25)23(32)17-33-24-29-28-22(16-19-8-4-2-5-9-19)31(24)21-12-10-20(26)11-13-21/h2,4-5,8-13H,3,6-7,14-17H2,1H3. The molecule has 0 atom stereocenters. The Morgan fingerprint density at radius 3 is 2.48 bits per heavy atom. The molecule has 0 bridgehead atoms. The molecule has 2 aromatic carbocycles. The van der Waals surface area contributed by atoms with E-state index in [1.165, 1.54) is 11.8 Å². The van der Waals surface area contributed by atoms with Crippen LogP contribution in [0.25, 0.3) is 5.69 Å². The molecule has 1 aliphatic carbocycles. The molecule has 0 saturated heterocycles. The van der Waals surface area contributed by atoms with Gasteiger partial charge in [0.15, 0.2) is 5.16 Å². The first kappa shape index (κ1) is 23.3. The predicted octanol–water partition coefficient (Wildman–Crippen LogP) is 5.29.